The molecule has 0 aromatic heterocycles. The van der Waals surface area contributed by atoms with E-state index in [1.165, 1.54) is 0 Å². The van der Waals surface area contributed by atoms with Gasteiger partial charge < -0.3 is 10.6 Å². The minimum absolute atomic E-state index is 0. The predicted octanol–water partition coefficient (Wildman–Crippen LogP) is 2.76. The topological polar surface area (TPSA) is 46.3 Å². The van der Waals surface area contributed by atoms with Gasteiger partial charge in [0.25, 0.3) is 5.91 Å². The van der Waals surface area contributed by atoms with Gasteiger partial charge >= 0.3 is 0 Å². The van der Waals surface area contributed by atoms with E-state index >= 15 is 0 Å². The second-order valence-electron chi connectivity index (χ2n) is 6.17. The largest absolute Gasteiger partial charge is 0.338 e. The quantitative estimate of drug-likeness (QED) is 0.866. The maximum atomic E-state index is 14.1. The predicted molar refractivity (Wildman–Crippen MR) is 83.1 cm³/mol. The van der Waals surface area contributed by atoms with Crippen molar-refractivity contribution in [1.82, 2.24) is 4.90 Å². The summed E-state index contributed by atoms with van der Waals surface area (Å²) < 4.78 is 14.1. The zero-order valence-electron chi connectivity index (χ0n) is 12.2. The molecule has 3 rings (SSSR count). The van der Waals surface area contributed by atoms with E-state index in [0.717, 1.165) is 25.8 Å². The van der Waals surface area contributed by atoms with Gasteiger partial charge in [-0.3, -0.25) is 4.79 Å². The third-order valence-electron chi connectivity index (χ3n) is 4.86. The summed E-state index contributed by atoms with van der Waals surface area (Å²) in [5.74, 6) is 0.306. The highest BCUT2D eigenvalue weighted by atomic mass is 35.5. The molecular weight excluding hydrogens is 291 g/mol. The SMILES string of the molecule is Cc1cccc(C(=O)N2CC3CCCC(N)C3C2)c1F.Cl. The number of rotatable bonds is 1. The fraction of sp³-hybridized carbons (Fsp3) is 0.562. The Hall–Kier alpha value is -1.13. The van der Waals surface area contributed by atoms with Gasteiger partial charge in [0.15, 0.2) is 0 Å². The molecule has 2 N–H and O–H groups in total. The minimum atomic E-state index is -0.392. The van der Waals surface area contributed by atoms with Crippen LogP contribution in [0.3, 0.4) is 0 Å². The number of aryl methyl sites for hydroxylation is 1. The van der Waals surface area contributed by atoms with Crippen molar-refractivity contribution in [2.24, 2.45) is 17.6 Å². The highest BCUT2D eigenvalue weighted by Crippen LogP contribution is 2.36. The van der Waals surface area contributed by atoms with Gasteiger partial charge in [0.05, 0.1) is 5.56 Å². The molecule has 3 atom stereocenters. The van der Waals surface area contributed by atoms with E-state index in [0.29, 0.717) is 23.9 Å². The summed E-state index contributed by atoms with van der Waals surface area (Å²) in [5.41, 5.74) is 6.87. The first kappa shape index (κ1) is 16.2. The fourth-order valence-electron chi connectivity index (χ4n) is 3.67. The molecule has 1 saturated carbocycles. The number of halogens is 2. The molecule has 0 spiro atoms. The summed E-state index contributed by atoms with van der Waals surface area (Å²) in [5, 5.41) is 0. The van der Waals surface area contributed by atoms with E-state index in [1.54, 1.807) is 30.0 Å². The Morgan fingerprint density at radius 3 is 2.81 bits per heavy atom. The molecule has 5 heteroatoms. The van der Waals surface area contributed by atoms with Crippen molar-refractivity contribution in [2.45, 2.75) is 32.2 Å². The molecule has 1 aromatic rings. The lowest BCUT2D eigenvalue weighted by atomic mass is 9.78. The second kappa shape index (κ2) is 6.32. The molecule has 0 bridgehead atoms. The van der Waals surface area contributed by atoms with Gasteiger partial charge in [-0.25, -0.2) is 4.39 Å². The summed E-state index contributed by atoms with van der Waals surface area (Å²) in [6, 6.07) is 5.19. The zero-order valence-corrected chi connectivity index (χ0v) is 13.0. The van der Waals surface area contributed by atoms with Crippen molar-refractivity contribution >= 4 is 18.3 Å². The van der Waals surface area contributed by atoms with Crippen molar-refractivity contribution in [1.29, 1.82) is 0 Å². The number of amides is 1. The highest BCUT2D eigenvalue weighted by molar-refractivity contribution is 5.95. The van der Waals surface area contributed by atoms with Crippen LogP contribution in [0.5, 0.6) is 0 Å². The van der Waals surface area contributed by atoms with Gasteiger partial charge in [0, 0.05) is 19.1 Å². The van der Waals surface area contributed by atoms with Crippen LogP contribution in [0.2, 0.25) is 0 Å². The van der Waals surface area contributed by atoms with E-state index in [4.69, 9.17) is 5.73 Å². The van der Waals surface area contributed by atoms with Crippen LogP contribution in [0.4, 0.5) is 4.39 Å². The minimum Gasteiger partial charge on any atom is -0.338 e. The molecule has 2 fully saturated rings. The van der Waals surface area contributed by atoms with Crippen LogP contribution in [0.15, 0.2) is 18.2 Å². The summed E-state index contributed by atoms with van der Waals surface area (Å²) >= 11 is 0. The average molecular weight is 313 g/mol. The van der Waals surface area contributed by atoms with Gasteiger partial charge in [0.2, 0.25) is 0 Å². The Morgan fingerprint density at radius 2 is 2.10 bits per heavy atom. The zero-order chi connectivity index (χ0) is 14.3. The molecule has 116 valence electrons. The molecule has 1 aliphatic carbocycles. The smallest absolute Gasteiger partial charge is 0.256 e. The lowest BCUT2D eigenvalue weighted by Gasteiger charge is -2.29. The van der Waals surface area contributed by atoms with E-state index in [-0.39, 0.29) is 29.9 Å². The number of carbonyl (C=O) groups is 1. The molecule has 1 heterocycles. The maximum Gasteiger partial charge on any atom is 0.256 e. The van der Waals surface area contributed by atoms with E-state index < -0.39 is 5.82 Å². The first-order valence-corrected chi connectivity index (χ1v) is 7.38. The van der Waals surface area contributed by atoms with Gasteiger partial charge in [-0.2, -0.15) is 0 Å². The molecule has 1 saturated heterocycles. The van der Waals surface area contributed by atoms with E-state index in [1.807, 2.05) is 0 Å². The van der Waals surface area contributed by atoms with Crippen molar-refractivity contribution in [3.8, 4) is 0 Å². The molecule has 3 unspecified atom stereocenters. The Morgan fingerprint density at radius 1 is 1.33 bits per heavy atom. The van der Waals surface area contributed by atoms with Gasteiger partial charge in [0.1, 0.15) is 5.82 Å². The lowest BCUT2D eigenvalue weighted by molar-refractivity contribution is 0.0778. The summed E-state index contributed by atoms with van der Waals surface area (Å²) in [4.78, 5) is 14.3. The molecule has 2 aliphatic rings. The summed E-state index contributed by atoms with van der Waals surface area (Å²) in [6.07, 6.45) is 3.32. The maximum absolute atomic E-state index is 14.1. The Labute approximate surface area is 131 Å². The summed E-state index contributed by atoms with van der Waals surface area (Å²) in [7, 11) is 0. The molecule has 21 heavy (non-hydrogen) atoms. The van der Waals surface area contributed by atoms with Crippen LogP contribution in [0.25, 0.3) is 0 Å². The molecule has 1 aromatic carbocycles. The standard InChI is InChI=1S/C16H21FN2O.ClH/c1-10-4-2-6-12(15(10)17)16(20)19-8-11-5-3-7-14(18)13(11)9-19;/h2,4,6,11,13-14H,3,5,7-9,18H2,1H3;1H. The van der Waals surface area contributed by atoms with Crippen LogP contribution in [-0.4, -0.2) is 29.9 Å². The van der Waals surface area contributed by atoms with Gasteiger partial charge in [-0.1, -0.05) is 18.6 Å². The molecule has 0 radical (unpaired) electrons. The summed E-state index contributed by atoms with van der Waals surface area (Å²) in [6.45, 7) is 3.09. The second-order valence-corrected chi connectivity index (χ2v) is 6.17. The lowest BCUT2D eigenvalue weighted by Crippen LogP contribution is -2.38. The molecule has 1 amide bonds. The number of likely N-dealkylation sites (tertiary alicyclic amines) is 1. The first-order chi connectivity index (χ1) is 9.58. The number of nitrogens with zero attached hydrogens (tertiary/aromatic N) is 1. The Balaban J connectivity index is 0.00000161. The van der Waals surface area contributed by atoms with Crippen LogP contribution in [0, 0.1) is 24.6 Å². The Kier molecular flexibility index (Phi) is 4.89. The van der Waals surface area contributed by atoms with Crippen molar-refractivity contribution in [3.63, 3.8) is 0 Å². The van der Waals surface area contributed by atoms with E-state index in [2.05, 4.69) is 0 Å². The molecule has 1 aliphatic heterocycles. The highest BCUT2D eigenvalue weighted by Gasteiger charge is 2.40. The third kappa shape index (κ3) is 2.92. The van der Waals surface area contributed by atoms with Crippen LogP contribution in [-0.2, 0) is 0 Å². The number of benzene rings is 1. The number of fused-ring (bicyclic) bond motifs is 1. The fourth-order valence-corrected chi connectivity index (χ4v) is 3.67. The number of hydrogen-bond donors (Lipinski definition) is 1. The van der Waals surface area contributed by atoms with Crippen LogP contribution < -0.4 is 5.73 Å². The van der Waals surface area contributed by atoms with Crippen molar-refractivity contribution in [2.75, 3.05) is 13.1 Å². The monoisotopic (exact) mass is 312 g/mol. The number of hydrogen-bond acceptors (Lipinski definition) is 2. The number of nitrogens with two attached hydrogens (primary N) is 1. The van der Waals surface area contributed by atoms with Gasteiger partial charge in [-0.15, -0.1) is 12.4 Å². The van der Waals surface area contributed by atoms with Crippen molar-refractivity contribution < 1.29 is 9.18 Å². The average Bonchev–Trinajstić information content (AvgIpc) is 2.87. The first-order valence-electron chi connectivity index (χ1n) is 7.38. The van der Waals surface area contributed by atoms with E-state index in [9.17, 15) is 9.18 Å². The molecule has 3 nitrogen and oxygen atoms in total. The molecular formula is C16H22ClFN2O. The normalized spacial score (nSPS) is 28.0. The Bertz CT molecular complexity index is 537. The third-order valence-corrected chi connectivity index (χ3v) is 4.86. The van der Waals surface area contributed by atoms with Crippen LogP contribution >= 0.6 is 12.4 Å². The number of carbonyl (C=O) groups excluding carboxylic acids is 1. The van der Waals surface area contributed by atoms with Crippen LogP contribution in [0.1, 0.15) is 35.2 Å². The van der Waals surface area contributed by atoms with Gasteiger partial charge in [-0.05, 0) is 43.2 Å². The van der Waals surface area contributed by atoms with Crippen molar-refractivity contribution in [3.05, 3.63) is 35.1 Å².